The fourth-order valence-corrected chi connectivity index (χ4v) is 3.15. The van der Waals surface area contributed by atoms with Gasteiger partial charge in [-0.05, 0) is 30.7 Å². The van der Waals surface area contributed by atoms with E-state index in [1.165, 1.54) is 4.90 Å². The summed E-state index contributed by atoms with van der Waals surface area (Å²) in [5, 5.41) is 13.8. The summed E-state index contributed by atoms with van der Waals surface area (Å²) in [4.78, 5) is 15.4. The number of aryl methyl sites for hydroxylation is 1. The van der Waals surface area contributed by atoms with Crippen LogP contribution in [0.25, 0.3) is 0 Å². The zero-order chi connectivity index (χ0) is 19.6. The van der Waals surface area contributed by atoms with E-state index >= 15 is 0 Å². The molecule has 1 amide bonds. The van der Waals surface area contributed by atoms with Gasteiger partial charge in [-0.2, -0.15) is 8.75 Å². The molecule has 3 aromatic rings. The number of carbonyl (C=O) groups excluding carboxylic acids is 1. The minimum Gasteiger partial charge on any atom is -0.505 e. The Kier molecular flexibility index (Phi) is 5.31. The van der Waals surface area contributed by atoms with Gasteiger partial charge in [-0.15, -0.1) is 0 Å². The van der Waals surface area contributed by atoms with Crippen molar-refractivity contribution in [3.05, 3.63) is 47.4 Å². The number of nitrogens with one attached hydrogen (secondary N) is 1. The second kappa shape index (κ2) is 7.67. The molecule has 1 aromatic carbocycles. The molecule has 0 unspecified atom stereocenters. The van der Waals surface area contributed by atoms with Crippen molar-refractivity contribution in [1.82, 2.24) is 13.6 Å². The number of aromatic nitrogens is 2. The molecule has 9 heteroatoms. The monoisotopic (exact) mass is 387 g/mol. The molecule has 0 aliphatic rings. The first-order valence-corrected chi connectivity index (χ1v) is 8.99. The first-order chi connectivity index (χ1) is 12.9. The summed E-state index contributed by atoms with van der Waals surface area (Å²) in [6, 6.07) is 6.98. The number of anilines is 3. The van der Waals surface area contributed by atoms with Gasteiger partial charge >= 0.3 is 0 Å². The number of phenols is 1. The number of carbonyl (C=O) groups is 1. The highest BCUT2D eigenvalue weighted by Crippen LogP contribution is 2.37. The van der Waals surface area contributed by atoms with Crippen molar-refractivity contribution < 1.29 is 14.3 Å². The standard InChI is InChI=1S/C18H21N5O3S/c1-11-8-12(26-10-11)9-19-16-17(21-27-20-16)23(4)14-7-5-6-13(15(14)24)18(25)22(2)3/h5-8,10,24H,9H2,1-4H3,(H,19,20). The summed E-state index contributed by atoms with van der Waals surface area (Å²) >= 11 is 1.06. The van der Waals surface area contributed by atoms with Crippen molar-refractivity contribution in [2.45, 2.75) is 13.5 Å². The number of amides is 1. The molecule has 0 bridgehead atoms. The molecule has 2 heterocycles. The van der Waals surface area contributed by atoms with E-state index in [9.17, 15) is 9.90 Å². The molecular formula is C18H21N5O3S. The third-order valence-corrected chi connectivity index (χ3v) is 4.54. The lowest BCUT2D eigenvalue weighted by molar-refractivity contribution is 0.0824. The molecule has 0 fully saturated rings. The van der Waals surface area contributed by atoms with Crippen LogP contribution in [0.15, 0.2) is 34.9 Å². The number of furan rings is 1. The van der Waals surface area contributed by atoms with Gasteiger partial charge in [0.05, 0.1) is 35.8 Å². The molecule has 8 nitrogen and oxygen atoms in total. The first-order valence-electron chi connectivity index (χ1n) is 8.26. The van der Waals surface area contributed by atoms with Gasteiger partial charge in [-0.1, -0.05) is 6.07 Å². The van der Waals surface area contributed by atoms with Gasteiger partial charge in [0, 0.05) is 21.1 Å². The van der Waals surface area contributed by atoms with E-state index < -0.39 is 0 Å². The maximum Gasteiger partial charge on any atom is 0.257 e. The molecule has 2 N–H and O–H groups in total. The lowest BCUT2D eigenvalue weighted by Crippen LogP contribution is -2.22. The zero-order valence-electron chi connectivity index (χ0n) is 15.6. The largest absolute Gasteiger partial charge is 0.505 e. The molecule has 2 aromatic heterocycles. The van der Waals surface area contributed by atoms with Gasteiger partial charge in [0.2, 0.25) is 0 Å². The Labute approximate surface area is 161 Å². The fraction of sp³-hybridized carbons (Fsp3) is 0.278. The van der Waals surface area contributed by atoms with Crippen LogP contribution < -0.4 is 10.2 Å². The average molecular weight is 387 g/mol. The number of phenolic OH excluding ortho intramolecular Hbond substituents is 1. The summed E-state index contributed by atoms with van der Waals surface area (Å²) in [5.74, 6) is 1.54. The SMILES string of the molecule is Cc1coc(CNc2nsnc2N(C)c2cccc(C(=O)N(C)C)c2O)c1. The predicted molar refractivity (Wildman–Crippen MR) is 105 cm³/mol. The quantitative estimate of drug-likeness (QED) is 0.670. The highest BCUT2D eigenvalue weighted by Gasteiger charge is 2.21. The summed E-state index contributed by atoms with van der Waals surface area (Å²) < 4.78 is 14.0. The van der Waals surface area contributed by atoms with Crippen LogP contribution in [-0.2, 0) is 6.54 Å². The Morgan fingerprint density at radius 1 is 1.30 bits per heavy atom. The number of para-hydroxylation sites is 1. The van der Waals surface area contributed by atoms with Crippen molar-refractivity contribution in [2.75, 3.05) is 31.4 Å². The molecule has 0 aliphatic heterocycles. The number of nitrogens with zero attached hydrogens (tertiary/aromatic N) is 4. The Morgan fingerprint density at radius 3 is 2.74 bits per heavy atom. The lowest BCUT2D eigenvalue weighted by atomic mass is 10.1. The van der Waals surface area contributed by atoms with Crippen molar-refractivity contribution >= 4 is 35.0 Å². The van der Waals surface area contributed by atoms with Crippen molar-refractivity contribution in [3.8, 4) is 5.75 Å². The van der Waals surface area contributed by atoms with E-state index in [1.54, 1.807) is 50.5 Å². The minimum atomic E-state index is -0.273. The van der Waals surface area contributed by atoms with Crippen LogP contribution >= 0.6 is 11.7 Å². The highest BCUT2D eigenvalue weighted by atomic mass is 32.1. The molecule has 0 saturated carbocycles. The van der Waals surface area contributed by atoms with E-state index in [-0.39, 0.29) is 17.2 Å². The third kappa shape index (κ3) is 3.87. The number of benzene rings is 1. The zero-order valence-corrected chi connectivity index (χ0v) is 16.4. The number of rotatable bonds is 6. The van der Waals surface area contributed by atoms with E-state index in [1.807, 2.05) is 13.0 Å². The second-order valence-corrected chi connectivity index (χ2v) is 6.84. The number of hydrogen-bond acceptors (Lipinski definition) is 8. The average Bonchev–Trinajstić information content (AvgIpc) is 3.27. The van der Waals surface area contributed by atoms with Crippen LogP contribution in [-0.4, -0.2) is 45.8 Å². The molecule has 0 atom stereocenters. The summed E-state index contributed by atoms with van der Waals surface area (Å²) in [6.45, 7) is 2.42. The predicted octanol–water partition coefficient (Wildman–Crippen LogP) is 3.23. The Balaban J connectivity index is 1.85. The van der Waals surface area contributed by atoms with Crippen molar-refractivity contribution in [3.63, 3.8) is 0 Å². The molecule has 0 spiro atoms. The van der Waals surface area contributed by atoms with Gasteiger partial charge in [0.25, 0.3) is 5.91 Å². The van der Waals surface area contributed by atoms with Crippen LogP contribution in [0.5, 0.6) is 5.75 Å². The minimum absolute atomic E-state index is 0.0979. The van der Waals surface area contributed by atoms with Crippen LogP contribution in [0.3, 0.4) is 0 Å². The molecule has 0 radical (unpaired) electrons. The van der Waals surface area contributed by atoms with Gasteiger partial charge in [0.1, 0.15) is 5.76 Å². The van der Waals surface area contributed by atoms with Crippen LogP contribution in [0.2, 0.25) is 0 Å². The van der Waals surface area contributed by atoms with Crippen molar-refractivity contribution in [2.24, 2.45) is 0 Å². The van der Waals surface area contributed by atoms with Crippen LogP contribution in [0, 0.1) is 6.92 Å². The van der Waals surface area contributed by atoms with Gasteiger partial charge in [-0.25, -0.2) is 0 Å². The molecular weight excluding hydrogens is 366 g/mol. The fourth-order valence-electron chi connectivity index (χ4n) is 2.60. The third-order valence-electron chi connectivity index (χ3n) is 4.02. The van der Waals surface area contributed by atoms with E-state index in [0.717, 1.165) is 23.1 Å². The normalized spacial score (nSPS) is 10.7. The van der Waals surface area contributed by atoms with E-state index in [0.29, 0.717) is 23.9 Å². The Hall–Kier alpha value is -3.07. The molecule has 3 rings (SSSR count). The van der Waals surface area contributed by atoms with Crippen LogP contribution in [0.4, 0.5) is 17.3 Å². The molecule has 142 valence electrons. The van der Waals surface area contributed by atoms with E-state index in [4.69, 9.17) is 4.42 Å². The Bertz CT molecular complexity index is 950. The maximum absolute atomic E-state index is 12.3. The maximum atomic E-state index is 12.3. The summed E-state index contributed by atoms with van der Waals surface area (Å²) in [6.07, 6.45) is 1.69. The molecule has 0 aliphatic carbocycles. The van der Waals surface area contributed by atoms with E-state index in [2.05, 4.69) is 14.1 Å². The lowest BCUT2D eigenvalue weighted by Gasteiger charge is -2.21. The van der Waals surface area contributed by atoms with Crippen LogP contribution in [0.1, 0.15) is 21.7 Å². The molecule has 0 saturated heterocycles. The number of aromatic hydroxyl groups is 1. The Morgan fingerprint density at radius 2 is 2.07 bits per heavy atom. The summed E-state index contributed by atoms with van der Waals surface area (Å²) in [7, 11) is 5.04. The second-order valence-electron chi connectivity index (χ2n) is 6.31. The topological polar surface area (TPSA) is 94.7 Å². The van der Waals surface area contributed by atoms with Gasteiger partial charge < -0.3 is 24.6 Å². The molecule has 27 heavy (non-hydrogen) atoms. The first kappa shape index (κ1) is 18.7. The smallest absolute Gasteiger partial charge is 0.257 e. The summed E-state index contributed by atoms with van der Waals surface area (Å²) in [5.41, 5.74) is 1.74. The van der Waals surface area contributed by atoms with Crippen molar-refractivity contribution in [1.29, 1.82) is 0 Å². The highest BCUT2D eigenvalue weighted by molar-refractivity contribution is 6.99. The number of hydrogen-bond donors (Lipinski definition) is 2. The van der Waals surface area contributed by atoms with Gasteiger partial charge in [0.15, 0.2) is 17.4 Å². The van der Waals surface area contributed by atoms with Gasteiger partial charge in [-0.3, -0.25) is 4.79 Å².